The van der Waals surface area contributed by atoms with E-state index in [0.29, 0.717) is 18.4 Å². The molecular formula is C14H22N4O. The zero-order valence-electron chi connectivity index (χ0n) is 11.7. The van der Waals surface area contributed by atoms with Crippen LogP contribution in [-0.4, -0.2) is 36.0 Å². The molecule has 0 aliphatic carbocycles. The normalized spacial score (nSPS) is 20.4. The molecule has 1 aromatic heterocycles. The minimum atomic E-state index is 0.459. The molecule has 19 heavy (non-hydrogen) atoms. The third kappa shape index (κ3) is 3.59. The number of nitrogens with two attached hydrogens (primary N) is 1. The Kier molecular flexibility index (Phi) is 4.60. The SMILES string of the molecule is COc1cccnc1CN=C(N)N1CCCC(C)C1. The third-order valence-corrected chi connectivity index (χ3v) is 3.44. The van der Waals surface area contributed by atoms with Gasteiger partial charge in [-0.05, 0) is 30.9 Å². The highest BCUT2D eigenvalue weighted by molar-refractivity contribution is 5.78. The predicted octanol–water partition coefficient (Wildman–Crippen LogP) is 1.64. The van der Waals surface area contributed by atoms with Crippen LogP contribution in [-0.2, 0) is 6.54 Å². The molecule has 5 heteroatoms. The summed E-state index contributed by atoms with van der Waals surface area (Å²) in [5.74, 6) is 2.05. The van der Waals surface area contributed by atoms with Crippen molar-refractivity contribution in [3.63, 3.8) is 0 Å². The number of pyridine rings is 1. The van der Waals surface area contributed by atoms with E-state index in [1.165, 1.54) is 12.8 Å². The lowest BCUT2D eigenvalue weighted by atomic mass is 10.0. The van der Waals surface area contributed by atoms with E-state index in [4.69, 9.17) is 10.5 Å². The fraction of sp³-hybridized carbons (Fsp3) is 0.571. The van der Waals surface area contributed by atoms with Gasteiger partial charge in [-0.15, -0.1) is 0 Å². The molecule has 0 radical (unpaired) electrons. The average Bonchev–Trinajstić information content (AvgIpc) is 2.45. The smallest absolute Gasteiger partial charge is 0.191 e. The van der Waals surface area contributed by atoms with Gasteiger partial charge in [0, 0.05) is 19.3 Å². The standard InChI is InChI=1S/C14H22N4O/c1-11-5-4-8-18(10-11)14(15)17-9-12-13(19-2)6-3-7-16-12/h3,6-7,11H,4-5,8-10H2,1-2H3,(H2,15,17). The molecule has 2 heterocycles. The minimum Gasteiger partial charge on any atom is -0.495 e. The van der Waals surface area contributed by atoms with Gasteiger partial charge in [0.2, 0.25) is 0 Å². The second-order valence-corrected chi connectivity index (χ2v) is 5.02. The lowest BCUT2D eigenvalue weighted by molar-refractivity contribution is 0.270. The number of hydrogen-bond acceptors (Lipinski definition) is 3. The van der Waals surface area contributed by atoms with Crippen molar-refractivity contribution in [3.8, 4) is 5.75 Å². The molecule has 104 valence electrons. The molecule has 0 amide bonds. The average molecular weight is 262 g/mol. The van der Waals surface area contributed by atoms with E-state index in [1.807, 2.05) is 12.1 Å². The number of ether oxygens (including phenoxy) is 1. The molecule has 0 spiro atoms. The molecule has 0 bridgehead atoms. The number of likely N-dealkylation sites (tertiary alicyclic amines) is 1. The largest absolute Gasteiger partial charge is 0.495 e. The molecule has 1 saturated heterocycles. The lowest BCUT2D eigenvalue weighted by Gasteiger charge is -2.31. The second kappa shape index (κ2) is 6.41. The summed E-state index contributed by atoms with van der Waals surface area (Å²) in [7, 11) is 1.64. The van der Waals surface area contributed by atoms with Crippen LogP contribution in [0, 0.1) is 5.92 Å². The second-order valence-electron chi connectivity index (χ2n) is 5.02. The molecule has 0 aromatic carbocycles. The summed E-state index contributed by atoms with van der Waals surface area (Å²) in [5, 5.41) is 0. The zero-order chi connectivity index (χ0) is 13.7. The first kappa shape index (κ1) is 13.6. The Morgan fingerprint density at radius 3 is 3.21 bits per heavy atom. The van der Waals surface area contributed by atoms with Gasteiger partial charge in [-0.2, -0.15) is 0 Å². The zero-order valence-corrected chi connectivity index (χ0v) is 11.7. The number of guanidine groups is 1. The molecule has 0 saturated carbocycles. The van der Waals surface area contributed by atoms with Gasteiger partial charge in [0.15, 0.2) is 5.96 Å². The fourth-order valence-corrected chi connectivity index (χ4v) is 2.38. The number of hydrogen-bond donors (Lipinski definition) is 1. The minimum absolute atomic E-state index is 0.459. The maximum atomic E-state index is 6.06. The van der Waals surface area contributed by atoms with Crippen molar-refractivity contribution in [1.29, 1.82) is 0 Å². The Balaban J connectivity index is 2.01. The van der Waals surface area contributed by atoms with Crippen molar-refractivity contribution in [2.45, 2.75) is 26.3 Å². The number of methoxy groups -OCH3 is 1. The Morgan fingerprint density at radius 1 is 1.63 bits per heavy atom. The van der Waals surface area contributed by atoms with Crippen LogP contribution in [0.5, 0.6) is 5.75 Å². The number of rotatable bonds is 3. The molecule has 1 aliphatic rings. The van der Waals surface area contributed by atoms with Gasteiger partial charge in [-0.25, -0.2) is 4.99 Å². The van der Waals surface area contributed by atoms with Crippen molar-refractivity contribution >= 4 is 5.96 Å². The van der Waals surface area contributed by atoms with Gasteiger partial charge < -0.3 is 15.4 Å². The van der Waals surface area contributed by atoms with Gasteiger partial charge in [-0.1, -0.05) is 6.92 Å². The quantitative estimate of drug-likeness (QED) is 0.664. The Bertz CT molecular complexity index is 447. The molecule has 2 rings (SSSR count). The Hall–Kier alpha value is -1.78. The molecule has 2 N–H and O–H groups in total. The van der Waals surface area contributed by atoms with E-state index >= 15 is 0 Å². The summed E-state index contributed by atoms with van der Waals surface area (Å²) in [6.07, 6.45) is 4.20. The van der Waals surface area contributed by atoms with Crippen molar-refractivity contribution in [1.82, 2.24) is 9.88 Å². The summed E-state index contributed by atoms with van der Waals surface area (Å²) < 4.78 is 5.25. The van der Waals surface area contributed by atoms with Crippen LogP contribution in [0.15, 0.2) is 23.3 Å². The van der Waals surface area contributed by atoms with Crippen LogP contribution in [0.2, 0.25) is 0 Å². The van der Waals surface area contributed by atoms with Crippen LogP contribution >= 0.6 is 0 Å². The summed E-state index contributed by atoms with van der Waals surface area (Å²) in [6.45, 7) is 4.70. The van der Waals surface area contributed by atoms with Crippen LogP contribution in [0.3, 0.4) is 0 Å². The summed E-state index contributed by atoms with van der Waals surface area (Å²) >= 11 is 0. The van der Waals surface area contributed by atoms with Gasteiger partial charge in [0.25, 0.3) is 0 Å². The highest BCUT2D eigenvalue weighted by Gasteiger charge is 2.17. The summed E-state index contributed by atoms with van der Waals surface area (Å²) in [4.78, 5) is 10.9. The maximum Gasteiger partial charge on any atom is 0.191 e. The van der Waals surface area contributed by atoms with Crippen LogP contribution in [0.4, 0.5) is 0 Å². The Morgan fingerprint density at radius 2 is 2.47 bits per heavy atom. The first-order chi connectivity index (χ1) is 9.20. The molecule has 5 nitrogen and oxygen atoms in total. The first-order valence-corrected chi connectivity index (χ1v) is 6.73. The van der Waals surface area contributed by atoms with Crippen molar-refractivity contribution < 1.29 is 4.74 Å². The van der Waals surface area contributed by atoms with E-state index in [0.717, 1.165) is 24.5 Å². The molecule has 1 unspecified atom stereocenters. The van der Waals surface area contributed by atoms with Crippen LogP contribution in [0.1, 0.15) is 25.5 Å². The Labute approximate surface area is 114 Å². The number of nitrogens with zero attached hydrogens (tertiary/aromatic N) is 3. The number of aliphatic imine (C=N–C) groups is 1. The summed E-state index contributed by atoms with van der Waals surface area (Å²) in [6, 6.07) is 3.73. The molecule has 1 aromatic rings. The van der Waals surface area contributed by atoms with Gasteiger partial charge in [0.1, 0.15) is 11.4 Å². The monoisotopic (exact) mass is 262 g/mol. The lowest BCUT2D eigenvalue weighted by Crippen LogP contribution is -2.43. The van der Waals surface area contributed by atoms with Gasteiger partial charge >= 0.3 is 0 Å². The topological polar surface area (TPSA) is 63.7 Å². The number of piperidine rings is 1. The van der Waals surface area contributed by atoms with Gasteiger partial charge in [-0.3, -0.25) is 4.98 Å². The highest BCUT2D eigenvalue weighted by atomic mass is 16.5. The third-order valence-electron chi connectivity index (χ3n) is 3.44. The highest BCUT2D eigenvalue weighted by Crippen LogP contribution is 2.17. The van der Waals surface area contributed by atoms with E-state index in [-0.39, 0.29) is 0 Å². The van der Waals surface area contributed by atoms with Crippen LogP contribution < -0.4 is 10.5 Å². The van der Waals surface area contributed by atoms with Crippen molar-refractivity contribution in [2.24, 2.45) is 16.6 Å². The summed E-state index contributed by atoms with van der Waals surface area (Å²) in [5.41, 5.74) is 6.87. The predicted molar refractivity (Wildman–Crippen MR) is 76.1 cm³/mol. The van der Waals surface area contributed by atoms with E-state index in [2.05, 4.69) is 21.8 Å². The van der Waals surface area contributed by atoms with E-state index < -0.39 is 0 Å². The van der Waals surface area contributed by atoms with Crippen molar-refractivity contribution in [2.75, 3.05) is 20.2 Å². The molecule has 1 atom stereocenters. The van der Waals surface area contributed by atoms with Crippen LogP contribution in [0.25, 0.3) is 0 Å². The van der Waals surface area contributed by atoms with E-state index in [1.54, 1.807) is 13.3 Å². The fourth-order valence-electron chi connectivity index (χ4n) is 2.38. The number of aromatic nitrogens is 1. The maximum absolute atomic E-state index is 6.06. The molecule has 1 aliphatic heterocycles. The van der Waals surface area contributed by atoms with E-state index in [9.17, 15) is 0 Å². The molecule has 1 fully saturated rings. The molecular weight excluding hydrogens is 240 g/mol. The van der Waals surface area contributed by atoms with Gasteiger partial charge in [0.05, 0.1) is 13.7 Å². The van der Waals surface area contributed by atoms with Crippen molar-refractivity contribution in [3.05, 3.63) is 24.0 Å². The first-order valence-electron chi connectivity index (χ1n) is 6.73.